The monoisotopic (exact) mass is 423 g/mol. The summed E-state index contributed by atoms with van der Waals surface area (Å²) in [5.74, 6) is 1.69. The Morgan fingerprint density at radius 2 is 2.07 bits per heavy atom. The van der Waals surface area contributed by atoms with E-state index in [-0.39, 0.29) is 6.10 Å². The molecule has 2 aromatic heterocycles. The smallest absolute Gasteiger partial charge is 0.231 e. The molecule has 152 valence electrons. The molecule has 4 aromatic rings. The summed E-state index contributed by atoms with van der Waals surface area (Å²) in [6, 6.07) is 15.4. The Morgan fingerprint density at radius 3 is 2.90 bits per heavy atom. The predicted octanol–water partition coefficient (Wildman–Crippen LogP) is 3.85. The van der Waals surface area contributed by atoms with E-state index in [4.69, 9.17) is 25.6 Å². The minimum absolute atomic E-state index is 0.113. The van der Waals surface area contributed by atoms with Crippen molar-refractivity contribution in [1.82, 2.24) is 25.1 Å². The first kappa shape index (κ1) is 18.8. The quantitative estimate of drug-likeness (QED) is 0.481. The third-order valence-corrected chi connectivity index (χ3v) is 5.26. The Hall–Kier alpha value is -3.23. The fourth-order valence-electron chi connectivity index (χ4n) is 3.44. The first-order valence-electron chi connectivity index (χ1n) is 9.45. The highest BCUT2D eigenvalue weighted by atomic mass is 35.5. The third-order valence-electron chi connectivity index (χ3n) is 5.01. The van der Waals surface area contributed by atoms with Crippen LogP contribution >= 0.6 is 11.6 Å². The molecule has 0 unspecified atom stereocenters. The van der Waals surface area contributed by atoms with Gasteiger partial charge < -0.3 is 14.0 Å². The minimum atomic E-state index is -0.113. The van der Waals surface area contributed by atoms with Crippen molar-refractivity contribution in [2.24, 2.45) is 0 Å². The number of nitrogens with zero attached hydrogens (tertiary/aromatic N) is 5. The van der Waals surface area contributed by atoms with Gasteiger partial charge in [0, 0.05) is 5.02 Å². The molecule has 0 N–H and O–H groups in total. The van der Waals surface area contributed by atoms with Crippen LogP contribution in [0.1, 0.15) is 28.8 Å². The van der Waals surface area contributed by atoms with Gasteiger partial charge in [-0.1, -0.05) is 46.2 Å². The lowest BCUT2D eigenvalue weighted by molar-refractivity contribution is -0.00111. The SMILES string of the molecule is COc1cccc(Cc2nc(-c3nnn4c3CO[C@@H](c3ccc(Cl)cc3)C4)no2)c1. The second-order valence-electron chi connectivity index (χ2n) is 6.96. The molecule has 0 bridgehead atoms. The predicted molar refractivity (Wildman–Crippen MR) is 108 cm³/mol. The van der Waals surface area contributed by atoms with Crippen LogP contribution in [0.4, 0.5) is 0 Å². The molecule has 0 saturated heterocycles. The van der Waals surface area contributed by atoms with E-state index >= 15 is 0 Å². The van der Waals surface area contributed by atoms with Gasteiger partial charge in [-0.2, -0.15) is 4.98 Å². The van der Waals surface area contributed by atoms with Gasteiger partial charge in [-0.05, 0) is 35.4 Å². The van der Waals surface area contributed by atoms with Gasteiger partial charge in [0.05, 0.1) is 32.4 Å². The highest BCUT2D eigenvalue weighted by molar-refractivity contribution is 6.30. The average Bonchev–Trinajstić information content (AvgIpc) is 3.40. The van der Waals surface area contributed by atoms with Crippen LogP contribution < -0.4 is 4.74 Å². The normalized spacial score (nSPS) is 15.7. The molecule has 30 heavy (non-hydrogen) atoms. The molecule has 0 aliphatic carbocycles. The first-order chi connectivity index (χ1) is 14.7. The summed E-state index contributed by atoms with van der Waals surface area (Å²) in [6.07, 6.45) is 0.390. The van der Waals surface area contributed by atoms with E-state index < -0.39 is 0 Å². The second-order valence-corrected chi connectivity index (χ2v) is 7.39. The third kappa shape index (κ3) is 3.67. The van der Waals surface area contributed by atoms with E-state index in [1.165, 1.54) is 0 Å². The van der Waals surface area contributed by atoms with Gasteiger partial charge in [0.1, 0.15) is 11.9 Å². The lowest BCUT2D eigenvalue weighted by Crippen LogP contribution is -2.22. The summed E-state index contributed by atoms with van der Waals surface area (Å²) >= 11 is 5.97. The number of halogens is 1. The summed E-state index contributed by atoms with van der Waals surface area (Å²) in [6.45, 7) is 0.911. The van der Waals surface area contributed by atoms with Crippen molar-refractivity contribution in [2.75, 3.05) is 7.11 Å². The molecule has 3 heterocycles. The maximum absolute atomic E-state index is 6.03. The lowest BCUT2D eigenvalue weighted by Gasteiger charge is -2.24. The molecule has 9 heteroatoms. The Bertz CT molecular complexity index is 1170. The maximum Gasteiger partial charge on any atom is 0.231 e. The van der Waals surface area contributed by atoms with E-state index in [1.54, 1.807) is 7.11 Å². The summed E-state index contributed by atoms with van der Waals surface area (Å²) in [5, 5.41) is 13.3. The van der Waals surface area contributed by atoms with Gasteiger partial charge in [-0.3, -0.25) is 0 Å². The lowest BCUT2D eigenvalue weighted by atomic mass is 10.1. The van der Waals surface area contributed by atoms with Gasteiger partial charge in [-0.15, -0.1) is 5.10 Å². The zero-order valence-electron chi connectivity index (χ0n) is 16.2. The number of ether oxygens (including phenoxy) is 2. The van der Waals surface area contributed by atoms with Gasteiger partial charge in [0.2, 0.25) is 11.7 Å². The molecule has 1 atom stereocenters. The van der Waals surface area contributed by atoms with Crippen molar-refractivity contribution < 1.29 is 14.0 Å². The van der Waals surface area contributed by atoms with Crippen LogP contribution in [0.15, 0.2) is 53.1 Å². The largest absolute Gasteiger partial charge is 0.497 e. The van der Waals surface area contributed by atoms with Crippen LogP contribution in [0.5, 0.6) is 5.75 Å². The molecule has 2 aromatic carbocycles. The Labute approximate surface area is 177 Å². The van der Waals surface area contributed by atoms with E-state index in [1.807, 2.05) is 53.2 Å². The number of hydrogen-bond acceptors (Lipinski definition) is 7. The highest BCUT2D eigenvalue weighted by Gasteiger charge is 2.27. The van der Waals surface area contributed by atoms with Crippen LogP contribution in [0, 0.1) is 0 Å². The maximum atomic E-state index is 6.03. The molecule has 8 nitrogen and oxygen atoms in total. The fourth-order valence-corrected chi connectivity index (χ4v) is 3.57. The van der Waals surface area contributed by atoms with E-state index in [9.17, 15) is 0 Å². The van der Waals surface area contributed by atoms with Crippen molar-refractivity contribution in [3.05, 3.63) is 76.3 Å². The van der Waals surface area contributed by atoms with Gasteiger partial charge in [0.15, 0.2) is 5.69 Å². The van der Waals surface area contributed by atoms with Crippen LogP contribution in [0.25, 0.3) is 11.5 Å². The topological polar surface area (TPSA) is 88.1 Å². The Kier molecular flexibility index (Phi) is 4.94. The van der Waals surface area contributed by atoms with Crippen LogP contribution in [0.3, 0.4) is 0 Å². The molecule has 0 radical (unpaired) electrons. The summed E-state index contributed by atoms with van der Waals surface area (Å²) < 4.78 is 18.5. The first-order valence-corrected chi connectivity index (χ1v) is 9.82. The summed E-state index contributed by atoms with van der Waals surface area (Å²) in [7, 11) is 1.64. The van der Waals surface area contributed by atoms with Crippen molar-refractivity contribution in [1.29, 1.82) is 0 Å². The number of hydrogen-bond donors (Lipinski definition) is 0. The van der Waals surface area contributed by atoms with Crippen molar-refractivity contribution in [3.63, 3.8) is 0 Å². The second kappa shape index (κ2) is 7.89. The average molecular weight is 424 g/mol. The Morgan fingerprint density at radius 1 is 1.20 bits per heavy atom. The number of rotatable bonds is 5. The van der Waals surface area contributed by atoms with Gasteiger partial charge in [0.25, 0.3) is 0 Å². The molecule has 0 saturated carbocycles. The zero-order valence-corrected chi connectivity index (χ0v) is 16.9. The molecule has 1 aliphatic heterocycles. The van der Waals surface area contributed by atoms with Crippen molar-refractivity contribution in [3.8, 4) is 17.3 Å². The van der Waals surface area contributed by atoms with Crippen LogP contribution in [0.2, 0.25) is 5.02 Å². The number of aromatic nitrogens is 5. The summed E-state index contributed by atoms with van der Waals surface area (Å²) in [5.41, 5.74) is 3.46. The molecule has 5 rings (SSSR count). The molecule has 1 aliphatic rings. The van der Waals surface area contributed by atoms with Crippen molar-refractivity contribution in [2.45, 2.75) is 25.7 Å². The van der Waals surface area contributed by atoms with Crippen LogP contribution in [-0.2, 0) is 24.3 Å². The minimum Gasteiger partial charge on any atom is -0.497 e. The highest BCUT2D eigenvalue weighted by Crippen LogP contribution is 2.30. The zero-order chi connectivity index (χ0) is 20.5. The molecule has 0 fully saturated rings. The van der Waals surface area contributed by atoms with E-state index in [0.29, 0.717) is 42.0 Å². The molecule has 0 amide bonds. The number of methoxy groups -OCH3 is 1. The van der Waals surface area contributed by atoms with E-state index in [2.05, 4.69) is 20.5 Å². The molecular weight excluding hydrogens is 406 g/mol. The number of benzene rings is 2. The standard InChI is InChI=1S/C21H18ClN5O3/c1-28-16-4-2-3-13(9-16)10-19-23-21(25-30-19)20-17-12-29-18(11-27(17)26-24-20)14-5-7-15(22)8-6-14/h2-9,18H,10-12H2,1H3/t18-/m1/s1. The van der Waals surface area contributed by atoms with Gasteiger partial charge in [-0.25, -0.2) is 4.68 Å². The van der Waals surface area contributed by atoms with Gasteiger partial charge >= 0.3 is 0 Å². The molecular formula is C21H18ClN5O3. The fraction of sp³-hybridized carbons (Fsp3) is 0.238. The molecule has 0 spiro atoms. The van der Waals surface area contributed by atoms with E-state index in [0.717, 1.165) is 22.6 Å². The Balaban J connectivity index is 1.34. The van der Waals surface area contributed by atoms with Crippen LogP contribution in [-0.4, -0.2) is 32.2 Å². The summed E-state index contributed by atoms with van der Waals surface area (Å²) in [4.78, 5) is 4.49. The van der Waals surface area contributed by atoms with Crippen molar-refractivity contribution >= 4 is 11.6 Å². The number of fused-ring (bicyclic) bond motifs is 1.